The Hall–Kier alpha value is -3.28. The molecule has 0 amide bonds. The van der Waals surface area contributed by atoms with Crippen LogP contribution in [0.25, 0.3) is 16.6 Å². The molecule has 2 heterocycles. The number of rotatable bonds is 3. The van der Waals surface area contributed by atoms with E-state index in [1.54, 1.807) is 11.5 Å². The fourth-order valence-corrected chi connectivity index (χ4v) is 3.90. The van der Waals surface area contributed by atoms with Gasteiger partial charge in [-0.1, -0.05) is 30.3 Å². The molecule has 1 atom stereocenters. The molecule has 2 aromatic carbocycles. The maximum Gasteiger partial charge on any atom is 0.327 e. The van der Waals surface area contributed by atoms with Gasteiger partial charge in [0, 0.05) is 16.8 Å². The number of carbonyl (C=O) groups is 1. The van der Waals surface area contributed by atoms with E-state index in [1.165, 1.54) is 6.92 Å². The second-order valence-electron chi connectivity index (χ2n) is 6.95. The molecule has 6 heteroatoms. The molecule has 1 aromatic heterocycles. The number of hydrogen-bond acceptors (Lipinski definition) is 4. The third kappa shape index (κ3) is 2.56. The van der Waals surface area contributed by atoms with Crippen molar-refractivity contribution in [3.8, 4) is 5.75 Å². The molecular formula is C21H21N3O3. The van der Waals surface area contributed by atoms with Crippen molar-refractivity contribution in [2.75, 3.05) is 6.61 Å². The van der Waals surface area contributed by atoms with E-state index in [0.29, 0.717) is 34.7 Å². The zero-order valence-corrected chi connectivity index (χ0v) is 15.5. The van der Waals surface area contributed by atoms with Crippen LogP contribution in [0.2, 0.25) is 0 Å². The van der Waals surface area contributed by atoms with Crippen molar-refractivity contribution >= 4 is 22.4 Å². The number of imidazole rings is 1. The molecule has 1 unspecified atom stereocenters. The molecule has 3 aromatic rings. The van der Waals surface area contributed by atoms with Crippen LogP contribution in [0, 0.1) is 6.92 Å². The van der Waals surface area contributed by atoms with E-state index >= 15 is 0 Å². The summed E-state index contributed by atoms with van der Waals surface area (Å²) in [4.78, 5) is 28.0. The summed E-state index contributed by atoms with van der Waals surface area (Å²) in [5.74, 6) is 0.388. The molecule has 0 saturated heterocycles. The van der Waals surface area contributed by atoms with Crippen molar-refractivity contribution in [3.05, 3.63) is 69.3 Å². The molecule has 0 saturated carbocycles. The predicted molar refractivity (Wildman–Crippen MR) is 105 cm³/mol. The van der Waals surface area contributed by atoms with E-state index in [0.717, 1.165) is 16.6 Å². The number of Topliss-reactive ketones (excluding diaryl/α,β-unsaturated/α-hetero) is 1. The first-order valence-corrected chi connectivity index (χ1v) is 8.83. The Bertz CT molecular complexity index is 1150. The fraction of sp³-hybridized carbons (Fsp3) is 0.238. The van der Waals surface area contributed by atoms with E-state index < -0.39 is 0 Å². The maximum absolute atomic E-state index is 12.8. The van der Waals surface area contributed by atoms with Crippen LogP contribution in [0.3, 0.4) is 0 Å². The van der Waals surface area contributed by atoms with Crippen LogP contribution < -0.4 is 16.2 Å². The van der Waals surface area contributed by atoms with Crippen LogP contribution >= 0.6 is 0 Å². The zero-order chi connectivity index (χ0) is 19.3. The first-order valence-electron chi connectivity index (χ1n) is 8.83. The minimum atomic E-state index is -0.238. The lowest BCUT2D eigenvalue weighted by Crippen LogP contribution is -2.30. The number of nitrogens with zero attached hydrogens (tertiary/aromatic N) is 1. The molecule has 0 radical (unpaired) electrons. The van der Waals surface area contributed by atoms with Crippen LogP contribution in [0.1, 0.15) is 36.6 Å². The molecule has 4 rings (SSSR count). The fourth-order valence-electron chi connectivity index (χ4n) is 3.90. The van der Waals surface area contributed by atoms with Gasteiger partial charge in [0.15, 0.2) is 11.5 Å². The van der Waals surface area contributed by atoms with Crippen molar-refractivity contribution in [1.29, 1.82) is 0 Å². The average molecular weight is 363 g/mol. The molecule has 27 heavy (non-hydrogen) atoms. The van der Waals surface area contributed by atoms with Gasteiger partial charge >= 0.3 is 5.69 Å². The number of aromatic amines is 1. The third-order valence-electron chi connectivity index (χ3n) is 5.04. The van der Waals surface area contributed by atoms with Crippen LogP contribution in [-0.4, -0.2) is 21.9 Å². The highest BCUT2D eigenvalue weighted by atomic mass is 16.5. The lowest BCUT2D eigenvalue weighted by Gasteiger charge is -2.27. The number of carbonyl (C=O) groups excluding carboxylic acids is 1. The van der Waals surface area contributed by atoms with E-state index in [2.05, 4.69) is 4.98 Å². The van der Waals surface area contributed by atoms with Crippen molar-refractivity contribution in [3.63, 3.8) is 0 Å². The van der Waals surface area contributed by atoms with E-state index in [1.807, 2.05) is 43.3 Å². The molecular weight excluding hydrogens is 342 g/mol. The SMILES string of the molecule is CC(=O)/C(=C(/C)N)c1cc(C)c2[nH]c(=O)n3c2c1OCC3c1ccccc1. The predicted octanol–water partition coefficient (Wildman–Crippen LogP) is 2.90. The molecule has 0 spiro atoms. The Balaban J connectivity index is 2.07. The Morgan fingerprint density at radius 3 is 2.59 bits per heavy atom. The molecule has 138 valence electrons. The number of ketones is 1. The Labute approximate surface area is 156 Å². The third-order valence-corrected chi connectivity index (χ3v) is 5.04. The van der Waals surface area contributed by atoms with Gasteiger partial charge in [0.05, 0.1) is 11.6 Å². The molecule has 0 bridgehead atoms. The summed E-state index contributed by atoms with van der Waals surface area (Å²) < 4.78 is 7.85. The molecule has 0 fully saturated rings. The summed E-state index contributed by atoms with van der Waals surface area (Å²) in [5, 5.41) is 0. The van der Waals surface area contributed by atoms with Gasteiger partial charge in [-0.05, 0) is 38.0 Å². The number of H-pyrrole nitrogens is 1. The second-order valence-corrected chi connectivity index (χ2v) is 6.95. The minimum Gasteiger partial charge on any atom is -0.488 e. The summed E-state index contributed by atoms with van der Waals surface area (Å²) in [6.45, 7) is 5.38. The number of nitrogens with one attached hydrogen (secondary N) is 1. The van der Waals surface area contributed by atoms with Crippen molar-refractivity contribution in [2.45, 2.75) is 26.8 Å². The van der Waals surface area contributed by atoms with Gasteiger partial charge in [-0.15, -0.1) is 0 Å². The highest BCUT2D eigenvalue weighted by Crippen LogP contribution is 2.41. The van der Waals surface area contributed by atoms with Gasteiger partial charge in [-0.2, -0.15) is 0 Å². The van der Waals surface area contributed by atoms with E-state index in [9.17, 15) is 9.59 Å². The van der Waals surface area contributed by atoms with Gasteiger partial charge in [-0.25, -0.2) is 4.79 Å². The largest absolute Gasteiger partial charge is 0.488 e. The van der Waals surface area contributed by atoms with Crippen LogP contribution in [0.15, 0.2) is 46.9 Å². The summed E-state index contributed by atoms with van der Waals surface area (Å²) >= 11 is 0. The zero-order valence-electron chi connectivity index (χ0n) is 15.5. The number of aromatic nitrogens is 2. The van der Waals surface area contributed by atoms with Crippen molar-refractivity contribution < 1.29 is 9.53 Å². The average Bonchev–Trinajstić information content (AvgIpc) is 2.98. The Morgan fingerprint density at radius 1 is 1.26 bits per heavy atom. The Kier molecular flexibility index (Phi) is 3.91. The van der Waals surface area contributed by atoms with Gasteiger partial charge in [0.25, 0.3) is 0 Å². The number of hydrogen-bond donors (Lipinski definition) is 2. The first kappa shape index (κ1) is 17.1. The second kappa shape index (κ2) is 6.16. The molecule has 1 aliphatic rings. The van der Waals surface area contributed by atoms with Gasteiger partial charge in [0.1, 0.15) is 12.1 Å². The van der Waals surface area contributed by atoms with Gasteiger partial charge < -0.3 is 15.5 Å². The standard InChI is InChI=1S/C21H21N3O3/c1-11-9-15(17(12(2)22)13(3)25)20-19-18(11)23-21(26)24(19)16(10-27-20)14-7-5-4-6-8-14/h4-9,16H,10,22H2,1-3H3,(H,23,26)/b17-12+. The smallest absolute Gasteiger partial charge is 0.327 e. The summed E-state index contributed by atoms with van der Waals surface area (Å²) in [6.07, 6.45) is 0. The number of allylic oxidation sites excluding steroid dienone is 2. The van der Waals surface area contributed by atoms with Crippen LogP contribution in [0.4, 0.5) is 0 Å². The van der Waals surface area contributed by atoms with Crippen LogP contribution in [-0.2, 0) is 4.79 Å². The monoisotopic (exact) mass is 363 g/mol. The molecule has 0 aliphatic carbocycles. The molecule has 6 nitrogen and oxygen atoms in total. The number of nitrogens with two attached hydrogens (primary N) is 1. The van der Waals surface area contributed by atoms with E-state index in [4.69, 9.17) is 10.5 Å². The van der Waals surface area contributed by atoms with Crippen LogP contribution in [0.5, 0.6) is 5.75 Å². The topological polar surface area (TPSA) is 90.1 Å². The summed E-state index contributed by atoms with van der Waals surface area (Å²) in [5.41, 5.74) is 10.5. The summed E-state index contributed by atoms with van der Waals surface area (Å²) in [6, 6.07) is 11.4. The number of aryl methyl sites for hydroxylation is 1. The van der Waals surface area contributed by atoms with Crippen molar-refractivity contribution in [1.82, 2.24) is 9.55 Å². The molecule has 1 aliphatic heterocycles. The molecule has 3 N–H and O–H groups in total. The summed E-state index contributed by atoms with van der Waals surface area (Å²) in [7, 11) is 0. The van der Waals surface area contributed by atoms with E-state index in [-0.39, 0.29) is 17.5 Å². The Morgan fingerprint density at radius 2 is 1.96 bits per heavy atom. The number of ether oxygens (including phenoxy) is 1. The van der Waals surface area contributed by atoms with Gasteiger partial charge in [-0.3, -0.25) is 9.36 Å². The highest BCUT2D eigenvalue weighted by Gasteiger charge is 2.31. The number of benzene rings is 2. The van der Waals surface area contributed by atoms with Crippen molar-refractivity contribution in [2.24, 2.45) is 5.73 Å². The minimum absolute atomic E-state index is 0.136. The van der Waals surface area contributed by atoms with Gasteiger partial charge in [0.2, 0.25) is 0 Å². The quantitative estimate of drug-likeness (QED) is 0.700. The lowest BCUT2D eigenvalue weighted by atomic mass is 9.95. The highest BCUT2D eigenvalue weighted by molar-refractivity contribution is 6.22. The lowest BCUT2D eigenvalue weighted by molar-refractivity contribution is -0.111. The normalized spacial score (nSPS) is 16.8. The maximum atomic E-state index is 12.8. The first-order chi connectivity index (χ1) is 12.9.